The lowest BCUT2D eigenvalue weighted by atomic mass is 9.72. The number of nitrogens with zero attached hydrogens (tertiary/aromatic N) is 4. The average Bonchev–Trinajstić information content (AvgIpc) is 3.27. The van der Waals surface area contributed by atoms with Crippen molar-refractivity contribution in [1.82, 2.24) is 20.0 Å². The van der Waals surface area contributed by atoms with E-state index in [1.54, 1.807) is 12.4 Å². The monoisotopic (exact) mass is 384 g/mol. The lowest BCUT2D eigenvalue weighted by molar-refractivity contribution is -0.132. The van der Waals surface area contributed by atoms with Gasteiger partial charge in [0.25, 0.3) is 0 Å². The van der Waals surface area contributed by atoms with Crippen molar-refractivity contribution in [2.24, 2.45) is 10.8 Å². The Balaban J connectivity index is 1.60. The van der Waals surface area contributed by atoms with E-state index in [0.29, 0.717) is 37.9 Å². The highest BCUT2D eigenvalue weighted by Gasteiger charge is 2.51. The van der Waals surface area contributed by atoms with E-state index in [1.807, 2.05) is 17.0 Å². The molecular formula is C21H28N4O3. The largest absolute Gasteiger partial charge is 0.381 e. The van der Waals surface area contributed by atoms with Gasteiger partial charge in [0.05, 0.1) is 5.92 Å². The predicted octanol–water partition coefficient (Wildman–Crippen LogP) is 3.29. The Morgan fingerprint density at radius 1 is 1.32 bits per heavy atom. The highest BCUT2D eigenvalue weighted by molar-refractivity contribution is 5.77. The molecule has 2 aromatic heterocycles. The molecule has 4 heterocycles. The summed E-state index contributed by atoms with van der Waals surface area (Å²) in [4.78, 5) is 23.7. The van der Waals surface area contributed by atoms with Crippen LogP contribution in [-0.2, 0) is 9.53 Å². The second-order valence-electron chi connectivity index (χ2n) is 9.24. The summed E-state index contributed by atoms with van der Waals surface area (Å²) in [6.07, 6.45) is 5.80. The van der Waals surface area contributed by atoms with Crippen LogP contribution in [0.3, 0.4) is 0 Å². The summed E-state index contributed by atoms with van der Waals surface area (Å²) in [5, 5.41) is 4.18. The van der Waals surface area contributed by atoms with Crippen molar-refractivity contribution in [3.8, 4) is 11.4 Å². The van der Waals surface area contributed by atoms with E-state index in [1.165, 1.54) is 0 Å². The van der Waals surface area contributed by atoms with Gasteiger partial charge in [-0.3, -0.25) is 9.78 Å². The number of carbonyl (C=O) groups is 1. The number of rotatable bonds is 3. The van der Waals surface area contributed by atoms with Crippen molar-refractivity contribution >= 4 is 5.91 Å². The van der Waals surface area contributed by atoms with Gasteiger partial charge in [-0.1, -0.05) is 25.9 Å². The van der Waals surface area contributed by atoms with Crippen LogP contribution in [-0.4, -0.2) is 52.2 Å². The number of aromatic nitrogens is 3. The summed E-state index contributed by atoms with van der Waals surface area (Å²) in [5.74, 6) is 1.41. The molecule has 2 aromatic rings. The Morgan fingerprint density at radius 2 is 2.11 bits per heavy atom. The summed E-state index contributed by atoms with van der Waals surface area (Å²) in [6.45, 7) is 9.08. The quantitative estimate of drug-likeness (QED) is 0.808. The van der Waals surface area contributed by atoms with Crippen LogP contribution < -0.4 is 0 Å². The first kappa shape index (κ1) is 19.1. The average molecular weight is 384 g/mol. The molecule has 1 atom stereocenters. The second-order valence-corrected chi connectivity index (χ2v) is 9.24. The maximum atomic E-state index is 12.9. The lowest BCUT2D eigenvalue weighted by Crippen LogP contribution is -2.38. The number of hydrogen-bond acceptors (Lipinski definition) is 6. The van der Waals surface area contributed by atoms with Gasteiger partial charge in [0.15, 0.2) is 0 Å². The van der Waals surface area contributed by atoms with Crippen LogP contribution in [0.1, 0.15) is 51.8 Å². The molecule has 150 valence electrons. The van der Waals surface area contributed by atoms with Crippen molar-refractivity contribution in [2.45, 2.75) is 46.0 Å². The third-order valence-electron chi connectivity index (χ3n) is 5.83. The first-order valence-electron chi connectivity index (χ1n) is 9.96. The summed E-state index contributed by atoms with van der Waals surface area (Å²) < 4.78 is 11.3. The third kappa shape index (κ3) is 3.81. The van der Waals surface area contributed by atoms with Gasteiger partial charge in [-0.2, -0.15) is 4.98 Å². The fraction of sp³-hybridized carbons (Fsp3) is 0.619. The Morgan fingerprint density at radius 3 is 2.79 bits per heavy atom. The predicted molar refractivity (Wildman–Crippen MR) is 103 cm³/mol. The van der Waals surface area contributed by atoms with Crippen molar-refractivity contribution in [3.05, 3.63) is 30.4 Å². The minimum absolute atomic E-state index is 0.0318. The van der Waals surface area contributed by atoms with Crippen LogP contribution in [0, 0.1) is 10.8 Å². The topological polar surface area (TPSA) is 81.4 Å². The van der Waals surface area contributed by atoms with Gasteiger partial charge in [-0.25, -0.2) is 0 Å². The summed E-state index contributed by atoms with van der Waals surface area (Å²) in [6, 6.07) is 3.77. The molecule has 2 saturated heterocycles. The zero-order valence-electron chi connectivity index (χ0n) is 16.9. The van der Waals surface area contributed by atoms with E-state index in [2.05, 4.69) is 35.9 Å². The minimum Gasteiger partial charge on any atom is -0.381 e. The van der Waals surface area contributed by atoms with Crippen molar-refractivity contribution in [3.63, 3.8) is 0 Å². The number of carbonyl (C=O) groups excluding carboxylic acids is 1. The van der Waals surface area contributed by atoms with Gasteiger partial charge >= 0.3 is 0 Å². The third-order valence-corrected chi connectivity index (χ3v) is 5.83. The number of pyridine rings is 1. The Labute approximate surface area is 165 Å². The molecule has 0 saturated carbocycles. The van der Waals surface area contributed by atoms with Gasteiger partial charge in [-0.05, 0) is 30.4 Å². The zero-order chi connectivity index (χ0) is 19.8. The molecule has 1 unspecified atom stereocenters. The van der Waals surface area contributed by atoms with Crippen molar-refractivity contribution in [2.75, 3.05) is 26.3 Å². The van der Waals surface area contributed by atoms with E-state index in [9.17, 15) is 4.79 Å². The molecule has 1 spiro atoms. The molecule has 7 nitrogen and oxygen atoms in total. The Bertz CT molecular complexity index is 822. The zero-order valence-corrected chi connectivity index (χ0v) is 16.9. The molecule has 4 rings (SSSR count). The number of amides is 1. The Kier molecular flexibility index (Phi) is 4.95. The molecule has 28 heavy (non-hydrogen) atoms. The molecule has 0 bridgehead atoms. The van der Waals surface area contributed by atoms with E-state index >= 15 is 0 Å². The fourth-order valence-electron chi connectivity index (χ4n) is 4.34. The van der Waals surface area contributed by atoms with Crippen LogP contribution in [0.2, 0.25) is 0 Å². The maximum absolute atomic E-state index is 12.9. The minimum atomic E-state index is -0.0511. The van der Waals surface area contributed by atoms with Crippen LogP contribution in [0.25, 0.3) is 11.4 Å². The number of hydrogen-bond donors (Lipinski definition) is 0. The second kappa shape index (κ2) is 7.28. The van der Waals surface area contributed by atoms with Gasteiger partial charge < -0.3 is 14.2 Å². The SMILES string of the molecule is CC(C)(C)CC(=O)N1CC(c2nc(-c3cccnc3)no2)C2(CCOCC2)C1. The van der Waals surface area contributed by atoms with E-state index in [4.69, 9.17) is 9.26 Å². The lowest BCUT2D eigenvalue weighted by Gasteiger charge is -2.36. The molecule has 7 heteroatoms. The normalized spacial score (nSPS) is 22.0. The van der Waals surface area contributed by atoms with Gasteiger partial charge in [-0.15, -0.1) is 0 Å². The summed E-state index contributed by atoms with van der Waals surface area (Å²) >= 11 is 0. The highest BCUT2D eigenvalue weighted by atomic mass is 16.5. The van der Waals surface area contributed by atoms with Crippen LogP contribution >= 0.6 is 0 Å². The van der Waals surface area contributed by atoms with Crippen molar-refractivity contribution < 1.29 is 14.1 Å². The standard InChI is InChI=1S/C21H28N4O3/c1-20(2,3)11-17(26)25-13-16(21(14-25)6-9-27-10-7-21)19-23-18(24-28-19)15-5-4-8-22-12-15/h4-5,8,12,16H,6-7,9-11,13-14H2,1-3H3. The molecule has 0 N–H and O–H groups in total. The highest BCUT2D eigenvalue weighted by Crippen LogP contribution is 2.49. The molecule has 2 aliphatic rings. The van der Waals surface area contributed by atoms with Crippen LogP contribution in [0.15, 0.2) is 29.0 Å². The molecule has 1 amide bonds. The molecule has 0 aromatic carbocycles. The summed E-state index contributed by atoms with van der Waals surface area (Å²) in [7, 11) is 0. The van der Waals surface area contributed by atoms with Gasteiger partial charge in [0.1, 0.15) is 0 Å². The smallest absolute Gasteiger partial charge is 0.232 e. The maximum Gasteiger partial charge on any atom is 0.232 e. The first-order chi connectivity index (χ1) is 13.4. The Hall–Kier alpha value is -2.28. The molecule has 2 aliphatic heterocycles. The first-order valence-corrected chi connectivity index (χ1v) is 9.96. The van der Waals surface area contributed by atoms with Gasteiger partial charge in [0, 0.05) is 56.1 Å². The van der Waals surface area contributed by atoms with E-state index in [-0.39, 0.29) is 22.7 Å². The summed E-state index contributed by atoms with van der Waals surface area (Å²) in [5.41, 5.74) is 0.748. The van der Waals surface area contributed by atoms with Crippen LogP contribution in [0.5, 0.6) is 0 Å². The van der Waals surface area contributed by atoms with E-state index < -0.39 is 0 Å². The van der Waals surface area contributed by atoms with E-state index in [0.717, 1.165) is 24.9 Å². The van der Waals surface area contributed by atoms with Gasteiger partial charge in [0.2, 0.25) is 17.6 Å². The molecule has 2 fully saturated rings. The number of likely N-dealkylation sites (tertiary alicyclic amines) is 1. The number of ether oxygens (including phenoxy) is 1. The molecule has 0 radical (unpaired) electrons. The van der Waals surface area contributed by atoms with Crippen LogP contribution in [0.4, 0.5) is 0 Å². The van der Waals surface area contributed by atoms with Crippen molar-refractivity contribution in [1.29, 1.82) is 0 Å². The molecule has 0 aliphatic carbocycles. The fourth-order valence-corrected chi connectivity index (χ4v) is 4.34. The molecular weight excluding hydrogens is 356 g/mol.